The summed E-state index contributed by atoms with van der Waals surface area (Å²) in [5, 5.41) is 6.87. The van der Waals surface area contributed by atoms with Crippen LogP contribution in [0.15, 0.2) is 53.6 Å². The van der Waals surface area contributed by atoms with E-state index in [0.29, 0.717) is 6.54 Å². The third-order valence-corrected chi connectivity index (χ3v) is 4.22. The smallest absolute Gasteiger partial charge is 0.119 e. The molecule has 0 saturated carbocycles. The standard InChI is InChI=1S/C19H23N3O2/c1-23-17-8-6-16(7-9-17)22-19(13-15(21-22)10-11-20)14-4-3-5-18(12-14)24-2/h3-9,12,19H,10-11,13,20H2,1-2H3. The molecule has 5 heteroatoms. The van der Waals surface area contributed by atoms with Gasteiger partial charge < -0.3 is 15.2 Å². The molecule has 0 spiro atoms. The number of hydrogen-bond acceptors (Lipinski definition) is 5. The van der Waals surface area contributed by atoms with E-state index in [4.69, 9.17) is 20.3 Å². The van der Waals surface area contributed by atoms with E-state index in [1.54, 1.807) is 14.2 Å². The second-order valence-electron chi connectivity index (χ2n) is 5.74. The van der Waals surface area contributed by atoms with Gasteiger partial charge in [0.2, 0.25) is 0 Å². The van der Waals surface area contributed by atoms with Gasteiger partial charge in [0.25, 0.3) is 0 Å². The Hall–Kier alpha value is -2.53. The zero-order valence-corrected chi connectivity index (χ0v) is 14.1. The fourth-order valence-electron chi connectivity index (χ4n) is 2.97. The van der Waals surface area contributed by atoms with Gasteiger partial charge in [-0.1, -0.05) is 12.1 Å². The summed E-state index contributed by atoms with van der Waals surface area (Å²) in [5.74, 6) is 1.69. The molecule has 0 fully saturated rings. The molecule has 1 aliphatic rings. The average molecular weight is 325 g/mol. The van der Waals surface area contributed by atoms with Crippen molar-refractivity contribution in [3.8, 4) is 11.5 Å². The molecule has 1 unspecified atom stereocenters. The normalized spacial score (nSPS) is 16.9. The zero-order chi connectivity index (χ0) is 16.9. The van der Waals surface area contributed by atoms with Gasteiger partial charge in [0.1, 0.15) is 11.5 Å². The second-order valence-corrected chi connectivity index (χ2v) is 5.74. The number of ether oxygens (including phenoxy) is 2. The number of methoxy groups -OCH3 is 2. The van der Waals surface area contributed by atoms with Gasteiger partial charge >= 0.3 is 0 Å². The quantitative estimate of drug-likeness (QED) is 0.885. The highest BCUT2D eigenvalue weighted by Crippen LogP contribution is 2.37. The Bertz CT molecular complexity index is 713. The molecule has 0 saturated heterocycles. The maximum atomic E-state index is 5.72. The SMILES string of the molecule is COc1ccc(N2N=C(CCN)CC2c2cccc(OC)c2)cc1. The van der Waals surface area contributed by atoms with E-state index in [1.807, 2.05) is 36.4 Å². The molecule has 24 heavy (non-hydrogen) atoms. The van der Waals surface area contributed by atoms with Crippen molar-refractivity contribution in [2.75, 3.05) is 25.8 Å². The Morgan fingerprint density at radius 3 is 2.50 bits per heavy atom. The lowest BCUT2D eigenvalue weighted by molar-refractivity contribution is 0.413. The van der Waals surface area contributed by atoms with Crippen LogP contribution in [0, 0.1) is 0 Å². The van der Waals surface area contributed by atoms with Gasteiger partial charge in [-0.3, -0.25) is 5.01 Å². The minimum absolute atomic E-state index is 0.148. The second kappa shape index (κ2) is 7.36. The molecule has 1 aliphatic heterocycles. The van der Waals surface area contributed by atoms with Crippen molar-refractivity contribution >= 4 is 11.4 Å². The van der Waals surface area contributed by atoms with Crippen LogP contribution in [0.1, 0.15) is 24.4 Å². The van der Waals surface area contributed by atoms with Crippen molar-refractivity contribution in [3.05, 3.63) is 54.1 Å². The summed E-state index contributed by atoms with van der Waals surface area (Å²) >= 11 is 0. The summed E-state index contributed by atoms with van der Waals surface area (Å²) in [6.45, 7) is 0.611. The number of hydrazone groups is 1. The highest BCUT2D eigenvalue weighted by molar-refractivity contribution is 5.89. The molecule has 5 nitrogen and oxygen atoms in total. The number of hydrogen-bond donors (Lipinski definition) is 1. The van der Waals surface area contributed by atoms with Crippen molar-refractivity contribution in [1.29, 1.82) is 0 Å². The van der Waals surface area contributed by atoms with Gasteiger partial charge in [0.05, 0.1) is 25.9 Å². The summed E-state index contributed by atoms with van der Waals surface area (Å²) in [6, 6.07) is 16.3. The molecular formula is C19H23N3O2. The van der Waals surface area contributed by atoms with Gasteiger partial charge in [-0.05, 0) is 54.9 Å². The van der Waals surface area contributed by atoms with E-state index in [9.17, 15) is 0 Å². The third-order valence-electron chi connectivity index (χ3n) is 4.22. The maximum Gasteiger partial charge on any atom is 0.119 e. The van der Waals surface area contributed by atoms with Crippen molar-refractivity contribution in [1.82, 2.24) is 0 Å². The molecule has 126 valence electrons. The highest BCUT2D eigenvalue weighted by atomic mass is 16.5. The van der Waals surface area contributed by atoms with Gasteiger partial charge in [0, 0.05) is 12.1 Å². The molecule has 3 rings (SSSR count). The Labute approximate surface area is 142 Å². The van der Waals surface area contributed by atoms with Crippen LogP contribution < -0.4 is 20.2 Å². The lowest BCUT2D eigenvalue weighted by atomic mass is 10.00. The van der Waals surface area contributed by atoms with Crippen LogP contribution in [0.4, 0.5) is 5.69 Å². The van der Waals surface area contributed by atoms with Gasteiger partial charge in [0.15, 0.2) is 0 Å². The largest absolute Gasteiger partial charge is 0.497 e. The van der Waals surface area contributed by atoms with Crippen molar-refractivity contribution in [3.63, 3.8) is 0 Å². The van der Waals surface area contributed by atoms with Crippen LogP contribution in [-0.4, -0.2) is 26.5 Å². The molecule has 1 atom stereocenters. The third kappa shape index (κ3) is 3.36. The molecule has 2 aromatic rings. The number of benzene rings is 2. The molecule has 2 aromatic carbocycles. The highest BCUT2D eigenvalue weighted by Gasteiger charge is 2.29. The van der Waals surface area contributed by atoms with E-state index >= 15 is 0 Å². The molecule has 1 heterocycles. The molecule has 0 bridgehead atoms. The summed E-state index contributed by atoms with van der Waals surface area (Å²) in [4.78, 5) is 0. The van der Waals surface area contributed by atoms with Crippen molar-refractivity contribution in [2.45, 2.75) is 18.9 Å². The van der Waals surface area contributed by atoms with Crippen LogP contribution >= 0.6 is 0 Å². The molecule has 0 radical (unpaired) electrons. The molecule has 0 amide bonds. The average Bonchev–Trinajstić information content (AvgIpc) is 3.06. The Morgan fingerprint density at radius 2 is 1.83 bits per heavy atom. The Kier molecular flexibility index (Phi) is 5.01. The Balaban J connectivity index is 1.93. The fourth-order valence-corrected chi connectivity index (χ4v) is 2.97. The van der Waals surface area contributed by atoms with Gasteiger partial charge in [-0.25, -0.2) is 0 Å². The van der Waals surface area contributed by atoms with E-state index in [0.717, 1.165) is 35.7 Å². The van der Waals surface area contributed by atoms with Crippen LogP contribution in [0.25, 0.3) is 0 Å². The molecule has 0 aromatic heterocycles. The predicted octanol–water partition coefficient (Wildman–Crippen LogP) is 3.36. The first-order chi connectivity index (χ1) is 11.7. The van der Waals surface area contributed by atoms with Gasteiger partial charge in [-0.2, -0.15) is 5.10 Å². The molecular weight excluding hydrogens is 302 g/mol. The zero-order valence-electron chi connectivity index (χ0n) is 14.1. The number of nitrogens with zero attached hydrogens (tertiary/aromatic N) is 2. The molecule has 2 N–H and O–H groups in total. The van der Waals surface area contributed by atoms with Crippen LogP contribution in [0.5, 0.6) is 11.5 Å². The van der Waals surface area contributed by atoms with E-state index in [1.165, 1.54) is 5.56 Å². The maximum absolute atomic E-state index is 5.72. The van der Waals surface area contributed by atoms with Crippen molar-refractivity contribution in [2.24, 2.45) is 10.8 Å². The monoisotopic (exact) mass is 325 g/mol. The lowest BCUT2D eigenvalue weighted by Crippen LogP contribution is -2.18. The van der Waals surface area contributed by atoms with Crippen LogP contribution in [-0.2, 0) is 0 Å². The number of nitrogens with two attached hydrogens (primary N) is 1. The summed E-state index contributed by atoms with van der Waals surface area (Å²) < 4.78 is 10.6. The first-order valence-electron chi connectivity index (χ1n) is 8.09. The number of anilines is 1. The lowest BCUT2D eigenvalue weighted by Gasteiger charge is -2.24. The molecule has 0 aliphatic carbocycles. The summed E-state index contributed by atoms with van der Waals surface area (Å²) in [6.07, 6.45) is 1.68. The minimum atomic E-state index is 0.148. The van der Waals surface area contributed by atoms with Crippen LogP contribution in [0.3, 0.4) is 0 Å². The van der Waals surface area contributed by atoms with E-state index in [2.05, 4.69) is 17.1 Å². The van der Waals surface area contributed by atoms with Gasteiger partial charge in [-0.15, -0.1) is 0 Å². The summed E-state index contributed by atoms with van der Waals surface area (Å²) in [7, 11) is 3.35. The van der Waals surface area contributed by atoms with E-state index in [-0.39, 0.29) is 6.04 Å². The van der Waals surface area contributed by atoms with Crippen molar-refractivity contribution < 1.29 is 9.47 Å². The van der Waals surface area contributed by atoms with Crippen LogP contribution in [0.2, 0.25) is 0 Å². The first kappa shape index (κ1) is 16.3. The topological polar surface area (TPSA) is 60.1 Å². The van der Waals surface area contributed by atoms with E-state index < -0.39 is 0 Å². The minimum Gasteiger partial charge on any atom is -0.497 e. The Morgan fingerprint density at radius 1 is 1.08 bits per heavy atom. The predicted molar refractivity (Wildman–Crippen MR) is 96.9 cm³/mol. The number of rotatable bonds is 6. The summed E-state index contributed by atoms with van der Waals surface area (Å²) in [5.41, 5.74) is 9.07. The first-order valence-corrected chi connectivity index (χ1v) is 8.09. The fraction of sp³-hybridized carbons (Fsp3) is 0.316.